The maximum absolute atomic E-state index is 12.7. The van der Waals surface area contributed by atoms with Crippen molar-refractivity contribution in [2.75, 3.05) is 6.61 Å². The second-order valence-electron chi connectivity index (χ2n) is 6.57. The molecule has 22 heavy (non-hydrogen) atoms. The van der Waals surface area contributed by atoms with E-state index in [9.17, 15) is 4.79 Å². The van der Waals surface area contributed by atoms with Crippen molar-refractivity contribution >= 4 is 5.97 Å². The number of hydrogen-bond donors (Lipinski definition) is 0. The second-order valence-corrected chi connectivity index (χ2v) is 6.57. The lowest BCUT2D eigenvalue weighted by Crippen LogP contribution is -2.48. The molecule has 0 spiro atoms. The van der Waals surface area contributed by atoms with Crippen LogP contribution in [0.3, 0.4) is 0 Å². The Kier molecular flexibility index (Phi) is 2.74. The Labute approximate surface area is 130 Å². The van der Waals surface area contributed by atoms with Gasteiger partial charge in [0, 0.05) is 12.1 Å². The summed E-state index contributed by atoms with van der Waals surface area (Å²) in [5, 5.41) is 0. The summed E-state index contributed by atoms with van der Waals surface area (Å²) in [5.74, 6) is 1.16. The molecule has 3 atom stereocenters. The minimum absolute atomic E-state index is 0.0241. The molecule has 0 N–H and O–H groups in total. The number of rotatable bonds is 2. The number of benzene rings is 1. The smallest absolute Gasteiger partial charge is 0.314 e. The highest BCUT2D eigenvalue weighted by molar-refractivity contribution is 5.79. The normalized spacial score (nSPS) is 28.1. The third-order valence-electron chi connectivity index (χ3n) is 5.11. The molecule has 2 aliphatic heterocycles. The zero-order chi connectivity index (χ0) is 15.5. The van der Waals surface area contributed by atoms with Crippen LogP contribution in [0.5, 0.6) is 0 Å². The Morgan fingerprint density at radius 2 is 2.14 bits per heavy atom. The average molecular weight is 296 g/mol. The van der Waals surface area contributed by atoms with E-state index in [2.05, 4.69) is 35.0 Å². The van der Waals surface area contributed by atoms with Crippen LogP contribution in [0, 0.1) is 12.3 Å². The summed E-state index contributed by atoms with van der Waals surface area (Å²) in [6, 6.07) is 8.41. The molecular formula is C18H20N2O2. The fourth-order valence-corrected chi connectivity index (χ4v) is 4.24. The molecule has 0 saturated heterocycles. The molecule has 0 radical (unpaired) electrons. The summed E-state index contributed by atoms with van der Waals surface area (Å²) in [6.45, 7) is 6.33. The first-order chi connectivity index (χ1) is 10.6. The molecule has 3 unspecified atom stereocenters. The molecule has 2 bridgehead atoms. The summed E-state index contributed by atoms with van der Waals surface area (Å²) in [6.07, 6.45) is 2.84. The van der Waals surface area contributed by atoms with Crippen LogP contribution in [-0.2, 0) is 9.53 Å². The maximum Gasteiger partial charge on any atom is 0.314 e. The van der Waals surface area contributed by atoms with Crippen LogP contribution >= 0.6 is 0 Å². The zero-order valence-electron chi connectivity index (χ0n) is 13.2. The van der Waals surface area contributed by atoms with Gasteiger partial charge in [-0.1, -0.05) is 24.3 Å². The number of aromatic nitrogens is 2. The lowest BCUT2D eigenvalue weighted by molar-refractivity contribution is -0.158. The minimum Gasteiger partial charge on any atom is -0.466 e. The van der Waals surface area contributed by atoms with Crippen LogP contribution in [0.15, 0.2) is 30.5 Å². The average Bonchev–Trinajstić information content (AvgIpc) is 2.89. The number of aryl methyl sites for hydroxylation is 1. The molecule has 0 amide bonds. The van der Waals surface area contributed by atoms with E-state index in [1.807, 2.05) is 20.8 Å². The van der Waals surface area contributed by atoms with E-state index >= 15 is 0 Å². The van der Waals surface area contributed by atoms with Crippen molar-refractivity contribution in [2.24, 2.45) is 5.41 Å². The van der Waals surface area contributed by atoms with Gasteiger partial charge in [-0.25, -0.2) is 4.98 Å². The number of hydrogen-bond acceptors (Lipinski definition) is 3. The molecule has 114 valence electrons. The predicted molar refractivity (Wildman–Crippen MR) is 82.7 cm³/mol. The summed E-state index contributed by atoms with van der Waals surface area (Å²) in [7, 11) is 0. The summed E-state index contributed by atoms with van der Waals surface area (Å²) in [4.78, 5) is 17.4. The standard InChI is InChI=1S/C18H20N2O2/c1-4-22-17(21)18(3)9-14-12-7-5-6-8-13(12)15(18)20-10-11(2)19-16(14)20/h5-8,10,14-15H,4,9H2,1-3H3. The Hall–Kier alpha value is -2.10. The molecule has 3 heterocycles. The number of carbonyl (C=O) groups is 1. The van der Waals surface area contributed by atoms with Crippen molar-refractivity contribution in [2.45, 2.75) is 39.2 Å². The molecule has 0 fully saturated rings. The van der Waals surface area contributed by atoms with E-state index in [0.29, 0.717) is 6.61 Å². The van der Waals surface area contributed by atoms with Crippen molar-refractivity contribution in [3.63, 3.8) is 0 Å². The second kappa shape index (κ2) is 4.45. The molecule has 1 aliphatic carbocycles. The van der Waals surface area contributed by atoms with Gasteiger partial charge in [0.25, 0.3) is 0 Å². The van der Waals surface area contributed by atoms with Crippen LogP contribution in [0.2, 0.25) is 0 Å². The maximum atomic E-state index is 12.7. The van der Waals surface area contributed by atoms with Crippen molar-refractivity contribution in [3.05, 3.63) is 53.1 Å². The summed E-state index contributed by atoms with van der Waals surface area (Å²) < 4.78 is 7.60. The van der Waals surface area contributed by atoms with Gasteiger partial charge in [0.2, 0.25) is 0 Å². The molecule has 4 heteroatoms. The van der Waals surface area contributed by atoms with Gasteiger partial charge in [0.1, 0.15) is 5.82 Å². The SMILES string of the molecule is CCOC(=O)C1(C)CC2c3ccccc3C1n1cc(C)nc12. The minimum atomic E-state index is -0.533. The van der Waals surface area contributed by atoms with Crippen LogP contribution in [-0.4, -0.2) is 22.1 Å². The van der Waals surface area contributed by atoms with E-state index in [1.54, 1.807) is 0 Å². The molecule has 3 aliphatic rings. The Balaban J connectivity index is 1.94. The van der Waals surface area contributed by atoms with E-state index in [-0.39, 0.29) is 17.9 Å². The van der Waals surface area contributed by atoms with E-state index in [0.717, 1.165) is 17.9 Å². The molecule has 1 aromatic heterocycles. The van der Waals surface area contributed by atoms with E-state index < -0.39 is 5.41 Å². The van der Waals surface area contributed by atoms with Gasteiger partial charge in [0.15, 0.2) is 0 Å². The fraction of sp³-hybridized carbons (Fsp3) is 0.444. The van der Waals surface area contributed by atoms with Crippen molar-refractivity contribution in [1.82, 2.24) is 9.55 Å². The molecule has 4 nitrogen and oxygen atoms in total. The topological polar surface area (TPSA) is 44.1 Å². The zero-order valence-corrected chi connectivity index (χ0v) is 13.2. The first-order valence-corrected chi connectivity index (χ1v) is 7.87. The Bertz CT molecular complexity index is 764. The van der Waals surface area contributed by atoms with Gasteiger partial charge in [-0.15, -0.1) is 0 Å². The summed E-state index contributed by atoms with van der Waals surface area (Å²) in [5.41, 5.74) is 3.02. The monoisotopic (exact) mass is 296 g/mol. The lowest BCUT2D eigenvalue weighted by Gasteiger charge is -2.49. The van der Waals surface area contributed by atoms with Crippen molar-refractivity contribution < 1.29 is 9.53 Å². The first-order valence-electron chi connectivity index (χ1n) is 7.87. The number of esters is 1. The largest absolute Gasteiger partial charge is 0.466 e. The molecule has 0 saturated carbocycles. The van der Waals surface area contributed by atoms with Crippen LogP contribution < -0.4 is 0 Å². The van der Waals surface area contributed by atoms with Gasteiger partial charge in [-0.05, 0) is 38.3 Å². The third-order valence-corrected chi connectivity index (χ3v) is 5.11. The highest BCUT2D eigenvalue weighted by Gasteiger charge is 2.55. The highest BCUT2D eigenvalue weighted by Crippen LogP contribution is 2.57. The molecule has 1 aromatic carbocycles. The third kappa shape index (κ3) is 1.58. The van der Waals surface area contributed by atoms with Gasteiger partial charge in [0.05, 0.1) is 23.8 Å². The quantitative estimate of drug-likeness (QED) is 0.799. The Morgan fingerprint density at radius 1 is 1.41 bits per heavy atom. The van der Waals surface area contributed by atoms with Crippen LogP contribution in [0.4, 0.5) is 0 Å². The van der Waals surface area contributed by atoms with Gasteiger partial charge < -0.3 is 9.30 Å². The number of ether oxygens (including phenoxy) is 1. The number of fused-ring (bicyclic) bond motifs is 1. The molecular weight excluding hydrogens is 276 g/mol. The van der Waals surface area contributed by atoms with Crippen molar-refractivity contribution in [3.8, 4) is 0 Å². The number of imidazole rings is 1. The first kappa shape index (κ1) is 13.6. The van der Waals surface area contributed by atoms with E-state index in [4.69, 9.17) is 9.72 Å². The highest BCUT2D eigenvalue weighted by atomic mass is 16.5. The van der Waals surface area contributed by atoms with Gasteiger partial charge in [-0.2, -0.15) is 0 Å². The van der Waals surface area contributed by atoms with E-state index in [1.165, 1.54) is 11.1 Å². The number of carbonyl (C=O) groups excluding carboxylic acids is 1. The Morgan fingerprint density at radius 3 is 2.86 bits per heavy atom. The van der Waals surface area contributed by atoms with Gasteiger partial charge in [-0.3, -0.25) is 4.79 Å². The molecule has 5 rings (SSSR count). The fourth-order valence-electron chi connectivity index (χ4n) is 4.24. The van der Waals surface area contributed by atoms with Gasteiger partial charge >= 0.3 is 5.97 Å². The lowest BCUT2D eigenvalue weighted by atomic mass is 9.62. The molecule has 2 aromatic rings. The number of nitrogens with zero attached hydrogens (tertiary/aromatic N) is 2. The van der Waals surface area contributed by atoms with Crippen molar-refractivity contribution in [1.29, 1.82) is 0 Å². The van der Waals surface area contributed by atoms with Crippen LogP contribution in [0.1, 0.15) is 54.9 Å². The van der Waals surface area contributed by atoms with Crippen LogP contribution in [0.25, 0.3) is 0 Å². The summed E-state index contributed by atoms with van der Waals surface area (Å²) >= 11 is 0. The predicted octanol–water partition coefficient (Wildman–Crippen LogP) is 3.20.